The summed E-state index contributed by atoms with van der Waals surface area (Å²) in [6.07, 6.45) is 4.76. The molecular weight excluding hydrogens is 291 g/mol. The number of aromatic nitrogens is 2. The van der Waals surface area contributed by atoms with Gasteiger partial charge in [0.2, 0.25) is 0 Å². The number of fused-ring (bicyclic) bond motifs is 2. The molecule has 2 aromatic heterocycles. The Kier molecular flexibility index (Phi) is 3.83. The molecule has 5 rings (SSSR count). The van der Waals surface area contributed by atoms with Crippen molar-refractivity contribution < 1.29 is 4.39 Å². The zero-order valence-electron chi connectivity index (χ0n) is 13.3. The van der Waals surface area contributed by atoms with E-state index in [-0.39, 0.29) is 5.82 Å². The smallest absolute Gasteiger partial charge is 0.146 e. The topological polar surface area (TPSA) is 32.3 Å². The SMILES string of the molecule is Cc1ncccc1CN1C2CC1CN(Cc1ncccc1F)C2. The van der Waals surface area contributed by atoms with Crippen molar-refractivity contribution in [2.75, 3.05) is 13.1 Å². The Hall–Kier alpha value is -1.85. The highest BCUT2D eigenvalue weighted by Gasteiger charge is 2.44. The van der Waals surface area contributed by atoms with Crippen LogP contribution in [0.2, 0.25) is 0 Å². The van der Waals surface area contributed by atoms with Crippen LogP contribution in [0.25, 0.3) is 0 Å². The van der Waals surface area contributed by atoms with E-state index in [0.717, 1.165) is 25.3 Å². The van der Waals surface area contributed by atoms with E-state index < -0.39 is 0 Å². The molecule has 0 aromatic carbocycles. The summed E-state index contributed by atoms with van der Waals surface area (Å²) >= 11 is 0. The summed E-state index contributed by atoms with van der Waals surface area (Å²) in [5.74, 6) is -0.199. The van der Waals surface area contributed by atoms with Crippen LogP contribution in [0.4, 0.5) is 4.39 Å². The molecule has 0 aliphatic carbocycles. The van der Waals surface area contributed by atoms with Gasteiger partial charge in [-0.2, -0.15) is 0 Å². The van der Waals surface area contributed by atoms with Crippen molar-refractivity contribution >= 4 is 0 Å². The van der Waals surface area contributed by atoms with Crippen LogP contribution >= 0.6 is 0 Å². The quantitative estimate of drug-likeness (QED) is 0.868. The molecule has 2 aromatic rings. The lowest BCUT2D eigenvalue weighted by atomic mass is 9.86. The van der Waals surface area contributed by atoms with E-state index in [1.54, 1.807) is 12.3 Å². The second kappa shape index (κ2) is 5.98. The minimum absolute atomic E-state index is 0.199. The first-order valence-electron chi connectivity index (χ1n) is 8.18. The Labute approximate surface area is 136 Å². The standard InChI is InChI=1S/C18H21FN4/c1-13-14(4-2-6-20-13)9-23-15-8-16(23)11-22(10-15)12-18-17(19)5-3-7-21-18/h2-7,15-16H,8-12H2,1H3. The van der Waals surface area contributed by atoms with Crippen LogP contribution in [-0.4, -0.2) is 44.9 Å². The first-order chi connectivity index (χ1) is 11.2. The third-order valence-corrected chi connectivity index (χ3v) is 5.10. The maximum absolute atomic E-state index is 13.8. The van der Waals surface area contributed by atoms with Crippen LogP contribution < -0.4 is 0 Å². The second-order valence-corrected chi connectivity index (χ2v) is 6.59. The van der Waals surface area contributed by atoms with Crippen molar-refractivity contribution in [2.24, 2.45) is 0 Å². The number of piperidine rings is 1. The predicted octanol–water partition coefficient (Wildman–Crippen LogP) is 2.38. The van der Waals surface area contributed by atoms with Crippen LogP contribution in [0.15, 0.2) is 36.7 Å². The Balaban J connectivity index is 1.39. The van der Waals surface area contributed by atoms with Crippen molar-refractivity contribution in [3.8, 4) is 0 Å². The Morgan fingerprint density at radius 1 is 1.09 bits per heavy atom. The summed E-state index contributed by atoms with van der Waals surface area (Å²) in [7, 11) is 0. The van der Waals surface area contributed by atoms with Gasteiger partial charge in [0.15, 0.2) is 0 Å². The van der Waals surface area contributed by atoms with Gasteiger partial charge in [-0.1, -0.05) is 6.07 Å². The summed E-state index contributed by atoms with van der Waals surface area (Å²) in [6, 6.07) is 8.45. The first-order valence-corrected chi connectivity index (χ1v) is 8.18. The molecule has 5 heteroatoms. The molecule has 120 valence electrons. The van der Waals surface area contributed by atoms with E-state index in [4.69, 9.17) is 0 Å². The number of pyridine rings is 2. The van der Waals surface area contributed by atoms with E-state index in [1.807, 2.05) is 12.3 Å². The number of piperazine rings is 1. The lowest BCUT2D eigenvalue weighted by molar-refractivity contribution is -0.0781. The minimum atomic E-state index is -0.199. The predicted molar refractivity (Wildman–Crippen MR) is 86.2 cm³/mol. The molecule has 2 atom stereocenters. The van der Waals surface area contributed by atoms with Crippen LogP contribution in [-0.2, 0) is 13.1 Å². The van der Waals surface area contributed by atoms with Gasteiger partial charge < -0.3 is 0 Å². The van der Waals surface area contributed by atoms with Gasteiger partial charge in [0, 0.05) is 56.4 Å². The fraction of sp³-hybridized carbons (Fsp3) is 0.444. The third-order valence-electron chi connectivity index (χ3n) is 5.10. The first kappa shape index (κ1) is 14.7. The molecule has 0 radical (unpaired) electrons. The summed E-state index contributed by atoms with van der Waals surface area (Å²) in [5, 5.41) is 0. The summed E-state index contributed by atoms with van der Waals surface area (Å²) in [6.45, 7) is 5.64. The number of halogens is 1. The monoisotopic (exact) mass is 312 g/mol. The molecule has 3 aliphatic heterocycles. The molecule has 3 saturated heterocycles. The number of rotatable bonds is 4. The Morgan fingerprint density at radius 2 is 1.83 bits per heavy atom. The highest BCUT2D eigenvalue weighted by atomic mass is 19.1. The Morgan fingerprint density at radius 3 is 2.57 bits per heavy atom. The molecule has 3 aliphatic rings. The van der Waals surface area contributed by atoms with Crippen LogP contribution in [0.3, 0.4) is 0 Å². The molecule has 23 heavy (non-hydrogen) atoms. The highest BCUT2D eigenvalue weighted by Crippen LogP contribution is 2.34. The normalized spacial score (nSPS) is 24.4. The van der Waals surface area contributed by atoms with Gasteiger partial charge in [0.1, 0.15) is 5.82 Å². The molecule has 3 fully saturated rings. The largest absolute Gasteiger partial charge is 0.294 e. The van der Waals surface area contributed by atoms with E-state index in [9.17, 15) is 4.39 Å². The van der Waals surface area contributed by atoms with Crippen LogP contribution in [0.1, 0.15) is 23.4 Å². The average molecular weight is 312 g/mol. The molecular formula is C18H21FN4. The van der Waals surface area contributed by atoms with Crippen molar-refractivity contribution in [1.82, 2.24) is 19.8 Å². The highest BCUT2D eigenvalue weighted by molar-refractivity contribution is 5.20. The maximum Gasteiger partial charge on any atom is 0.146 e. The number of nitrogens with zero attached hydrogens (tertiary/aromatic N) is 4. The van der Waals surface area contributed by atoms with Gasteiger partial charge in [-0.05, 0) is 37.1 Å². The fourth-order valence-electron chi connectivity index (χ4n) is 3.79. The van der Waals surface area contributed by atoms with E-state index in [2.05, 4.69) is 32.8 Å². The molecule has 2 bridgehead atoms. The Bertz CT molecular complexity index is 693. The van der Waals surface area contributed by atoms with Gasteiger partial charge in [0.25, 0.3) is 0 Å². The molecule has 0 amide bonds. The minimum Gasteiger partial charge on any atom is -0.294 e. The number of hydrogen-bond acceptors (Lipinski definition) is 4. The molecule has 2 unspecified atom stereocenters. The zero-order valence-corrected chi connectivity index (χ0v) is 13.3. The van der Waals surface area contributed by atoms with E-state index in [1.165, 1.54) is 18.1 Å². The average Bonchev–Trinajstić information content (AvgIpc) is 2.56. The molecule has 0 saturated carbocycles. The zero-order chi connectivity index (χ0) is 15.8. The molecule has 0 N–H and O–H groups in total. The van der Waals surface area contributed by atoms with Gasteiger partial charge in [-0.3, -0.25) is 19.8 Å². The van der Waals surface area contributed by atoms with E-state index >= 15 is 0 Å². The van der Waals surface area contributed by atoms with Crippen molar-refractivity contribution in [3.63, 3.8) is 0 Å². The maximum atomic E-state index is 13.8. The summed E-state index contributed by atoms with van der Waals surface area (Å²) in [5.41, 5.74) is 2.99. The number of hydrogen-bond donors (Lipinski definition) is 0. The van der Waals surface area contributed by atoms with Crippen molar-refractivity contribution in [1.29, 1.82) is 0 Å². The van der Waals surface area contributed by atoms with Crippen molar-refractivity contribution in [2.45, 2.75) is 38.5 Å². The summed E-state index contributed by atoms with van der Waals surface area (Å²) in [4.78, 5) is 13.4. The lowest BCUT2D eigenvalue weighted by Gasteiger charge is -2.56. The molecule has 4 nitrogen and oxygen atoms in total. The lowest BCUT2D eigenvalue weighted by Crippen LogP contribution is -2.67. The van der Waals surface area contributed by atoms with Crippen LogP contribution in [0, 0.1) is 12.7 Å². The van der Waals surface area contributed by atoms with Gasteiger partial charge in [0.05, 0.1) is 5.69 Å². The van der Waals surface area contributed by atoms with Gasteiger partial charge in [-0.25, -0.2) is 4.39 Å². The third kappa shape index (κ3) is 2.86. The van der Waals surface area contributed by atoms with Crippen molar-refractivity contribution in [3.05, 3.63) is 59.4 Å². The molecule has 5 heterocycles. The van der Waals surface area contributed by atoms with Gasteiger partial charge >= 0.3 is 0 Å². The van der Waals surface area contributed by atoms with Gasteiger partial charge in [-0.15, -0.1) is 0 Å². The number of aryl methyl sites for hydroxylation is 1. The summed E-state index contributed by atoms with van der Waals surface area (Å²) < 4.78 is 13.8. The second-order valence-electron chi connectivity index (χ2n) is 6.59. The van der Waals surface area contributed by atoms with E-state index in [0.29, 0.717) is 24.3 Å². The fourth-order valence-corrected chi connectivity index (χ4v) is 3.79. The molecule has 0 spiro atoms. The van der Waals surface area contributed by atoms with Crippen LogP contribution in [0.5, 0.6) is 0 Å².